The Morgan fingerprint density at radius 2 is 1.93 bits per heavy atom. The highest BCUT2D eigenvalue weighted by atomic mass is 16.3. The van der Waals surface area contributed by atoms with Gasteiger partial charge in [-0.25, -0.2) is 9.97 Å². The van der Waals surface area contributed by atoms with Gasteiger partial charge in [0.05, 0.1) is 23.5 Å². The van der Waals surface area contributed by atoms with E-state index in [4.69, 9.17) is 4.42 Å². The minimum atomic E-state index is -0.617. The molecule has 0 bridgehead atoms. The van der Waals surface area contributed by atoms with Crippen molar-refractivity contribution in [1.82, 2.24) is 19.4 Å². The van der Waals surface area contributed by atoms with Crippen LogP contribution in [0.1, 0.15) is 34.5 Å². The lowest BCUT2D eigenvalue weighted by atomic mass is 10.1. The van der Waals surface area contributed by atoms with Crippen LogP contribution in [-0.2, 0) is 6.54 Å². The first-order valence-electron chi connectivity index (χ1n) is 9.44. The Balaban J connectivity index is 1.37. The second-order valence-corrected chi connectivity index (χ2v) is 6.93. The highest BCUT2D eigenvalue weighted by molar-refractivity contribution is 5.91. The van der Waals surface area contributed by atoms with Gasteiger partial charge in [-0.2, -0.15) is 0 Å². The Morgan fingerprint density at radius 1 is 1.17 bits per heavy atom. The Kier molecular flexibility index (Phi) is 5.39. The molecule has 0 aliphatic carbocycles. The number of fused-ring (bicyclic) bond motifs is 1. The average molecular weight is 390 g/mol. The summed E-state index contributed by atoms with van der Waals surface area (Å²) in [5.41, 5.74) is 2.96. The van der Waals surface area contributed by atoms with Crippen molar-refractivity contribution in [3.8, 4) is 0 Å². The van der Waals surface area contributed by atoms with Gasteiger partial charge in [0.1, 0.15) is 12.8 Å². The lowest BCUT2D eigenvalue weighted by Gasteiger charge is -2.18. The van der Waals surface area contributed by atoms with Crippen LogP contribution < -0.4 is 0 Å². The van der Waals surface area contributed by atoms with E-state index >= 15 is 0 Å². The summed E-state index contributed by atoms with van der Waals surface area (Å²) in [5, 5.41) is 10.3. The number of imidazole rings is 1. The van der Waals surface area contributed by atoms with Crippen molar-refractivity contribution in [2.45, 2.75) is 19.1 Å². The molecule has 1 atom stereocenters. The summed E-state index contributed by atoms with van der Waals surface area (Å²) in [6, 6.07) is 17.2. The van der Waals surface area contributed by atoms with Crippen LogP contribution in [0, 0.1) is 0 Å². The third-order valence-electron chi connectivity index (χ3n) is 4.87. The van der Waals surface area contributed by atoms with Crippen molar-refractivity contribution < 1.29 is 14.3 Å². The van der Waals surface area contributed by atoms with E-state index in [1.807, 2.05) is 59.2 Å². The van der Waals surface area contributed by atoms with Gasteiger partial charge in [-0.15, -0.1) is 0 Å². The summed E-state index contributed by atoms with van der Waals surface area (Å²) in [4.78, 5) is 22.8. The van der Waals surface area contributed by atoms with Crippen LogP contribution in [0.3, 0.4) is 0 Å². The summed E-state index contributed by atoms with van der Waals surface area (Å²) in [6.07, 6.45) is 2.93. The fourth-order valence-electron chi connectivity index (χ4n) is 3.22. The fraction of sp³-hybridized carbons (Fsp3) is 0.227. The Hall–Kier alpha value is -3.45. The summed E-state index contributed by atoms with van der Waals surface area (Å²) in [5.74, 6) is 0.199. The predicted octanol–water partition coefficient (Wildman–Crippen LogP) is 3.27. The number of oxazole rings is 1. The molecule has 2 aromatic carbocycles. The van der Waals surface area contributed by atoms with Crippen LogP contribution in [0.4, 0.5) is 0 Å². The minimum Gasteiger partial charge on any atom is -0.446 e. The van der Waals surface area contributed by atoms with Crippen molar-refractivity contribution in [3.05, 3.63) is 84.3 Å². The van der Waals surface area contributed by atoms with E-state index in [9.17, 15) is 9.90 Å². The van der Waals surface area contributed by atoms with Crippen molar-refractivity contribution >= 4 is 16.9 Å². The lowest BCUT2D eigenvalue weighted by molar-refractivity contribution is 0.0755. The van der Waals surface area contributed by atoms with E-state index in [2.05, 4.69) is 9.97 Å². The van der Waals surface area contributed by atoms with E-state index in [1.165, 1.54) is 6.26 Å². The normalized spacial score (nSPS) is 12.2. The number of aromatic nitrogens is 3. The number of para-hydroxylation sites is 2. The number of amides is 1. The molecule has 4 rings (SSSR count). The van der Waals surface area contributed by atoms with Crippen molar-refractivity contribution in [1.29, 1.82) is 0 Å². The van der Waals surface area contributed by atoms with Crippen LogP contribution in [0.25, 0.3) is 11.0 Å². The van der Waals surface area contributed by atoms with E-state index in [0.717, 1.165) is 16.6 Å². The number of carbonyl (C=O) groups excluding carboxylic acids is 1. The van der Waals surface area contributed by atoms with E-state index < -0.39 is 6.10 Å². The van der Waals surface area contributed by atoms with Crippen LogP contribution >= 0.6 is 0 Å². The van der Waals surface area contributed by atoms with Crippen LogP contribution in [0.15, 0.2) is 71.6 Å². The molecule has 0 unspecified atom stereocenters. The van der Waals surface area contributed by atoms with Gasteiger partial charge >= 0.3 is 0 Å². The fourth-order valence-corrected chi connectivity index (χ4v) is 3.22. The molecular weight excluding hydrogens is 368 g/mol. The van der Waals surface area contributed by atoms with E-state index in [0.29, 0.717) is 25.4 Å². The SMILES string of the molecule is CN(CC[C@H](O)c1ccccc1)C(=O)c1coc(Cn2cnc3ccccc32)n1. The van der Waals surface area contributed by atoms with Gasteiger partial charge in [0.2, 0.25) is 5.89 Å². The number of nitrogens with zero attached hydrogens (tertiary/aromatic N) is 4. The van der Waals surface area contributed by atoms with E-state index in [1.54, 1.807) is 18.3 Å². The zero-order valence-corrected chi connectivity index (χ0v) is 16.1. The molecular formula is C22H22N4O3. The average Bonchev–Trinajstić information content (AvgIpc) is 3.39. The first kappa shape index (κ1) is 18.9. The summed E-state index contributed by atoms with van der Waals surface area (Å²) < 4.78 is 7.42. The molecule has 0 aliphatic rings. The molecule has 2 heterocycles. The van der Waals surface area contributed by atoms with Gasteiger partial charge in [0.25, 0.3) is 5.91 Å². The highest BCUT2D eigenvalue weighted by Gasteiger charge is 2.18. The van der Waals surface area contributed by atoms with Gasteiger partial charge in [-0.3, -0.25) is 4.79 Å². The number of benzene rings is 2. The molecule has 2 aromatic heterocycles. The molecule has 7 nitrogen and oxygen atoms in total. The molecule has 0 radical (unpaired) electrons. The summed E-state index contributed by atoms with van der Waals surface area (Å²) >= 11 is 0. The Morgan fingerprint density at radius 3 is 2.76 bits per heavy atom. The zero-order valence-electron chi connectivity index (χ0n) is 16.1. The molecule has 0 saturated carbocycles. The summed E-state index contributed by atoms with van der Waals surface area (Å²) in [6.45, 7) is 0.799. The maximum atomic E-state index is 12.6. The smallest absolute Gasteiger partial charge is 0.275 e. The first-order valence-corrected chi connectivity index (χ1v) is 9.44. The highest BCUT2D eigenvalue weighted by Crippen LogP contribution is 2.17. The number of hydrogen-bond acceptors (Lipinski definition) is 5. The second-order valence-electron chi connectivity index (χ2n) is 6.93. The Bertz CT molecular complexity index is 1100. The third-order valence-corrected chi connectivity index (χ3v) is 4.87. The van der Waals surface area contributed by atoms with Crippen LogP contribution in [0.5, 0.6) is 0 Å². The molecule has 0 fully saturated rings. The number of aliphatic hydroxyl groups is 1. The van der Waals surface area contributed by atoms with Gasteiger partial charge in [0.15, 0.2) is 5.69 Å². The topological polar surface area (TPSA) is 84.4 Å². The predicted molar refractivity (Wildman–Crippen MR) is 108 cm³/mol. The monoisotopic (exact) mass is 390 g/mol. The van der Waals surface area contributed by atoms with Gasteiger partial charge in [0, 0.05) is 13.6 Å². The minimum absolute atomic E-state index is 0.240. The summed E-state index contributed by atoms with van der Waals surface area (Å²) in [7, 11) is 1.69. The second kappa shape index (κ2) is 8.28. The quantitative estimate of drug-likeness (QED) is 0.524. The number of rotatable bonds is 7. The molecule has 148 valence electrons. The van der Waals surface area contributed by atoms with Crippen molar-refractivity contribution in [3.63, 3.8) is 0 Å². The van der Waals surface area contributed by atoms with Gasteiger partial charge in [-0.1, -0.05) is 42.5 Å². The largest absolute Gasteiger partial charge is 0.446 e. The first-order chi connectivity index (χ1) is 14.1. The van der Waals surface area contributed by atoms with E-state index in [-0.39, 0.29) is 11.6 Å². The zero-order chi connectivity index (χ0) is 20.2. The number of hydrogen-bond donors (Lipinski definition) is 1. The molecule has 0 saturated heterocycles. The standard InChI is InChI=1S/C22H22N4O3/c1-25(12-11-20(27)16-7-3-2-4-8-16)22(28)18-14-29-21(24-18)13-26-15-23-17-9-5-6-10-19(17)26/h2-10,14-15,20,27H,11-13H2,1H3/t20-/m0/s1. The maximum absolute atomic E-state index is 12.6. The molecule has 0 spiro atoms. The Labute approximate surface area is 168 Å². The van der Waals surface area contributed by atoms with Crippen molar-refractivity contribution in [2.75, 3.05) is 13.6 Å². The number of carbonyl (C=O) groups is 1. The molecule has 7 heteroatoms. The van der Waals surface area contributed by atoms with Gasteiger partial charge < -0.3 is 19.0 Å². The van der Waals surface area contributed by atoms with Gasteiger partial charge in [-0.05, 0) is 24.1 Å². The van der Waals surface area contributed by atoms with Crippen LogP contribution in [-0.4, -0.2) is 44.0 Å². The van der Waals surface area contributed by atoms with Crippen molar-refractivity contribution in [2.24, 2.45) is 0 Å². The molecule has 4 aromatic rings. The number of aliphatic hydroxyl groups excluding tert-OH is 1. The van der Waals surface area contributed by atoms with Crippen LogP contribution in [0.2, 0.25) is 0 Å². The maximum Gasteiger partial charge on any atom is 0.275 e. The molecule has 1 amide bonds. The lowest BCUT2D eigenvalue weighted by Crippen LogP contribution is -2.29. The molecule has 29 heavy (non-hydrogen) atoms. The molecule has 0 aliphatic heterocycles. The molecule has 1 N–H and O–H groups in total. The third kappa shape index (κ3) is 4.20.